The lowest BCUT2D eigenvalue weighted by molar-refractivity contribution is 0.112. The number of hydrogen-bond acceptors (Lipinski definition) is 2. The van der Waals surface area contributed by atoms with E-state index in [0.717, 1.165) is 17.5 Å². The molecule has 0 spiro atoms. The quantitative estimate of drug-likeness (QED) is 0.631. The maximum Gasteiger partial charge on any atom is 0.153 e. The second-order valence-electron chi connectivity index (χ2n) is 3.23. The number of rotatable bonds is 2. The first-order valence-electron chi connectivity index (χ1n) is 4.45. The highest BCUT2D eigenvalue weighted by molar-refractivity contribution is 14.1. The molecule has 0 saturated heterocycles. The van der Waals surface area contributed by atoms with Gasteiger partial charge >= 0.3 is 0 Å². The number of benzene rings is 1. The Labute approximate surface area is 101 Å². The van der Waals surface area contributed by atoms with Crippen LogP contribution in [0.25, 0.3) is 11.3 Å². The van der Waals surface area contributed by atoms with Gasteiger partial charge in [0.2, 0.25) is 0 Å². The van der Waals surface area contributed by atoms with Crippen molar-refractivity contribution in [2.75, 3.05) is 0 Å². The van der Waals surface area contributed by atoms with Gasteiger partial charge in [0.15, 0.2) is 6.29 Å². The van der Waals surface area contributed by atoms with Gasteiger partial charge in [-0.1, -0.05) is 12.1 Å². The summed E-state index contributed by atoms with van der Waals surface area (Å²) in [6.07, 6.45) is 2.56. The SMILES string of the molecule is Cn1cc(C=O)c(-c2ccc(I)cc2)n1. The maximum atomic E-state index is 10.8. The Balaban J connectivity index is 2.52. The number of nitrogens with zero attached hydrogens (tertiary/aromatic N) is 2. The first-order chi connectivity index (χ1) is 7.20. The van der Waals surface area contributed by atoms with E-state index in [-0.39, 0.29) is 0 Å². The molecule has 2 aromatic rings. The Morgan fingerprint density at radius 3 is 2.60 bits per heavy atom. The van der Waals surface area contributed by atoms with E-state index in [1.807, 2.05) is 31.3 Å². The Hall–Kier alpha value is -1.17. The molecule has 0 N–H and O–H groups in total. The minimum atomic E-state index is 0.624. The van der Waals surface area contributed by atoms with Gasteiger partial charge in [-0.15, -0.1) is 0 Å². The maximum absolute atomic E-state index is 10.8. The zero-order valence-corrected chi connectivity index (χ0v) is 10.3. The predicted molar refractivity (Wildman–Crippen MR) is 66.7 cm³/mol. The number of aryl methyl sites for hydroxylation is 1. The summed E-state index contributed by atoms with van der Waals surface area (Å²) in [6.45, 7) is 0. The van der Waals surface area contributed by atoms with Crippen molar-refractivity contribution in [2.24, 2.45) is 7.05 Å². The second kappa shape index (κ2) is 4.14. The van der Waals surface area contributed by atoms with E-state index in [1.165, 1.54) is 3.57 Å². The topological polar surface area (TPSA) is 34.9 Å². The smallest absolute Gasteiger partial charge is 0.153 e. The number of carbonyl (C=O) groups is 1. The number of aromatic nitrogens is 2. The van der Waals surface area contributed by atoms with Crippen LogP contribution in [-0.2, 0) is 7.05 Å². The summed E-state index contributed by atoms with van der Waals surface area (Å²) in [6, 6.07) is 7.94. The number of aldehydes is 1. The first kappa shape index (κ1) is 10.4. The van der Waals surface area contributed by atoms with Crippen molar-refractivity contribution < 1.29 is 4.79 Å². The number of carbonyl (C=O) groups excluding carboxylic acids is 1. The summed E-state index contributed by atoms with van der Waals surface area (Å²) < 4.78 is 2.82. The van der Waals surface area contributed by atoms with Gasteiger partial charge in [-0.3, -0.25) is 9.48 Å². The molecule has 1 heterocycles. The van der Waals surface area contributed by atoms with E-state index >= 15 is 0 Å². The lowest BCUT2D eigenvalue weighted by Crippen LogP contribution is -1.88. The Kier molecular flexibility index (Phi) is 2.86. The molecule has 0 bridgehead atoms. The molecule has 0 saturated carbocycles. The fraction of sp³-hybridized carbons (Fsp3) is 0.0909. The summed E-state index contributed by atoms with van der Waals surface area (Å²) >= 11 is 2.24. The monoisotopic (exact) mass is 312 g/mol. The van der Waals surface area contributed by atoms with Crippen molar-refractivity contribution in [2.45, 2.75) is 0 Å². The van der Waals surface area contributed by atoms with Gasteiger partial charge in [0.1, 0.15) is 5.69 Å². The largest absolute Gasteiger partial charge is 0.298 e. The first-order valence-corrected chi connectivity index (χ1v) is 5.53. The molecule has 15 heavy (non-hydrogen) atoms. The fourth-order valence-corrected chi connectivity index (χ4v) is 1.78. The molecule has 0 radical (unpaired) electrons. The average Bonchev–Trinajstić information content (AvgIpc) is 2.61. The summed E-state index contributed by atoms with van der Waals surface area (Å²) in [5.41, 5.74) is 2.33. The van der Waals surface area contributed by atoms with Crippen molar-refractivity contribution in [1.29, 1.82) is 0 Å². The zero-order valence-electron chi connectivity index (χ0n) is 8.14. The van der Waals surface area contributed by atoms with Crippen molar-refractivity contribution in [3.05, 3.63) is 39.6 Å². The standard InChI is InChI=1S/C11H9IN2O/c1-14-6-9(7-15)11(13-14)8-2-4-10(12)5-3-8/h2-7H,1H3. The third-order valence-corrected chi connectivity index (χ3v) is 2.82. The van der Waals surface area contributed by atoms with Crippen LogP contribution in [0.2, 0.25) is 0 Å². The van der Waals surface area contributed by atoms with Crippen LogP contribution < -0.4 is 0 Å². The molecule has 0 fully saturated rings. The van der Waals surface area contributed by atoms with Crippen LogP contribution in [0.5, 0.6) is 0 Å². The Morgan fingerprint density at radius 1 is 1.33 bits per heavy atom. The van der Waals surface area contributed by atoms with Crippen LogP contribution in [0.1, 0.15) is 10.4 Å². The van der Waals surface area contributed by atoms with E-state index in [4.69, 9.17) is 0 Å². The molecule has 0 atom stereocenters. The van der Waals surface area contributed by atoms with Gasteiger partial charge in [0.05, 0.1) is 5.56 Å². The highest BCUT2D eigenvalue weighted by Gasteiger charge is 2.08. The molecule has 0 aliphatic heterocycles. The van der Waals surface area contributed by atoms with Crippen molar-refractivity contribution in [3.63, 3.8) is 0 Å². The molecule has 0 amide bonds. The highest BCUT2D eigenvalue weighted by atomic mass is 127. The van der Waals surface area contributed by atoms with Gasteiger partial charge in [0.25, 0.3) is 0 Å². The van der Waals surface area contributed by atoms with Crippen LogP contribution in [-0.4, -0.2) is 16.1 Å². The molecular formula is C11H9IN2O. The van der Waals surface area contributed by atoms with Crippen LogP contribution >= 0.6 is 22.6 Å². The minimum absolute atomic E-state index is 0.624. The molecule has 2 rings (SSSR count). The molecule has 76 valence electrons. The van der Waals surface area contributed by atoms with Crippen LogP contribution in [0.3, 0.4) is 0 Å². The summed E-state index contributed by atoms with van der Waals surface area (Å²) in [5, 5.41) is 4.26. The van der Waals surface area contributed by atoms with Gasteiger partial charge in [-0.2, -0.15) is 5.10 Å². The summed E-state index contributed by atoms with van der Waals surface area (Å²) in [7, 11) is 1.81. The molecule has 3 nitrogen and oxygen atoms in total. The van der Waals surface area contributed by atoms with Gasteiger partial charge in [0, 0.05) is 22.4 Å². The van der Waals surface area contributed by atoms with E-state index in [0.29, 0.717) is 5.56 Å². The molecule has 4 heteroatoms. The van der Waals surface area contributed by atoms with Crippen LogP contribution in [0, 0.1) is 3.57 Å². The average molecular weight is 312 g/mol. The molecule has 1 aromatic carbocycles. The van der Waals surface area contributed by atoms with E-state index in [1.54, 1.807) is 10.9 Å². The predicted octanol–water partition coefficient (Wildman–Crippen LogP) is 2.50. The van der Waals surface area contributed by atoms with Crippen LogP contribution in [0.15, 0.2) is 30.5 Å². The lowest BCUT2D eigenvalue weighted by Gasteiger charge is -1.97. The van der Waals surface area contributed by atoms with E-state index in [9.17, 15) is 4.79 Å². The van der Waals surface area contributed by atoms with Crippen molar-refractivity contribution in [3.8, 4) is 11.3 Å². The normalized spacial score (nSPS) is 10.3. The third-order valence-electron chi connectivity index (χ3n) is 2.10. The van der Waals surface area contributed by atoms with E-state index in [2.05, 4.69) is 27.7 Å². The highest BCUT2D eigenvalue weighted by Crippen LogP contribution is 2.21. The van der Waals surface area contributed by atoms with Crippen molar-refractivity contribution in [1.82, 2.24) is 9.78 Å². The van der Waals surface area contributed by atoms with Gasteiger partial charge in [-0.25, -0.2) is 0 Å². The molecule has 0 unspecified atom stereocenters. The van der Waals surface area contributed by atoms with Crippen molar-refractivity contribution >= 4 is 28.9 Å². The molecule has 0 aliphatic carbocycles. The molecule has 1 aromatic heterocycles. The summed E-state index contributed by atoms with van der Waals surface area (Å²) in [5.74, 6) is 0. The third kappa shape index (κ3) is 2.09. The number of hydrogen-bond donors (Lipinski definition) is 0. The molecule has 0 aliphatic rings. The second-order valence-corrected chi connectivity index (χ2v) is 4.48. The Morgan fingerprint density at radius 2 is 2.00 bits per heavy atom. The van der Waals surface area contributed by atoms with Gasteiger partial charge in [-0.05, 0) is 34.7 Å². The van der Waals surface area contributed by atoms with Gasteiger partial charge < -0.3 is 0 Å². The van der Waals surface area contributed by atoms with Crippen LogP contribution in [0.4, 0.5) is 0 Å². The lowest BCUT2D eigenvalue weighted by atomic mass is 10.1. The van der Waals surface area contributed by atoms with E-state index < -0.39 is 0 Å². The minimum Gasteiger partial charge on any atom is -0.298 e. The zero-order chi connectivity index (χ0) is 10.8. The Bertz CT molecular complexity index is 488. The number of halogens is 1. The summed E-state index contributed by atoms with van der Waals surface area (Å²) in [4.78, 5) is 10.8. The molecular weight excluding hydrogens is 303 g/mol. The fourth-order valence-electron chi connectivity index (χ4n) is 1.43.